The van der Waals surface area contributed by atoms with Gasteiger partial charge in [-0.3, -0.25) is 9.59 Å². The largest absolute Gasteiger partial charge is 0.416 e. The maximum atomic E-state index is 12.8. The number of amides is 1. The summed E-state index contributed by atoms with van der Waals surface area (Å²) >= 11 is 0. The van der Waals surface area contributed by atoms with Crippen molar-refractivity contribution in [2.75, 3.05) is 0 Å². The summed E-state index contributed by atoms with van der Waals surface area (Å²) in [6.45, 7) is 6.36. The van der Waals surface area contributed by atoms with E-state index in [1.807, 2.05) is 0 Å². The van der Waals surface area contributed by atoms with Crippen molar-refractivity contribution in [2.24, 2.45) is 0 Å². The van der Waals surface area contributed by atoms with E-state index < -0.39 is 23.7 Å². The number of aryl methyl sites for hydroxylation is 1. The van der Waals surface area contributed by atoms with Crippen LogP contribution < -0.4 is 5.32 Å². The van der Waals surface area contributed by atoms with Gasteiger partial charge in [-0.15, -0.1) is 0 Å². The molecule has 0 spiro atoms. The van der Waals surface area contributed by atoms with E-state index in [9.17, 15) is 22.8 Å². The maximum absolute atomic E-state index is 12.8. The van der Waals surface area contributed by atoms with Crippen LogP contribution >= 0.6 is 0 Å². The fourth-order valence-corrected chi connectivity index (χ4v) is 2.84. The number of hydrogen-bond donors (Lipinski definition) is 2. The van der Waals surface area contributed by atoms with Crippen LogP contribution in [-0.4, -0.2) is 16.7 Å². The number of alkyl halides is 3. The predicted molar refractivity (Wildman–Crippen MR) is 87.6 cm³/mol. The Bertz CT molecular complexity index is 822. The Morgan fingerprint density at radius 2 is 1.84 bits per heavy atom. The van der Waals surface area contributed by atoms with Gasteiger partial charge < -0.3 is 10.3 Å². The van der Waals surface area contributed by atoms with Crippen molar-refractivity contribution in [1.29, 1.82) is 0 Å². The zero-order valence-corrected chi connectivity index (χ0v) is 14.3. The molecule has 1 unspecified atom stereocenters. The number of H-pyrrole nitrogens is 1. The van der Waals surface area contributed by atoms with Gasteiger partial charge in [0.1, 0.15) is 5.69 Å². The summed E-state index contributed by atoms with van der Waals surface area (Å²) in [5, 5.41) is 2.66. The standard InChI is InChI=1S/C18H19F3N2O2/c1-9-15(12(4)24)11(3)22-16(9)17(25)23-10(2)13-6-5-7-14(8-13)18(19,20)21/h5-8,10,22H,1-4H3,(H,23,25). The molecule has 0 fully saturated rings. The summed E-state index contributed by atoms with van der Waals surface area (Å²) in [4.78, 5) is 27.0. The first-order valence-electron chi connectivity index (χ1n) is 7.70. The lowest BCUT2D eigenvalue weighted by Gasteiger charge is -2.16. The van der Waals surface area contributed by atoms with Crippen LogP contribution in [0.2, 0.25) is 0 Å². The molecular formula is C18H19F3N2O2. The van der Waals surface area contributed by atoms with Gasteiger partial charge in [0.2, 0.25) is 0 Å². The van der Waals surface area contributed by atoms with Gasteiger partial charge in [0, 0.05) is 11.3 Å². The van der Waals surface area contributed by atoms with Crippen LogP contribution in [0, 0.1) is 13.8 Å². The normalized spacial score (nSPS) is 12.8. The molecule has 2 rings (SSSR count). The van der Waals surface area contributed by atoms with Gasteiger partial charge in [0.25, 0.3) is 5.91 Å². The first-order chi connectivity index (χ1) is 11.5. The minimum Gasteiger partial charge on any atom is -0.354 e. The van der Waals surface area contributed by atoms with E-state index in [-0.39, 0.29) is 11.5 Å². The minimum absolute atomic E-state index is 0.156. The highest BCUT2D eigenvalue weighted by Crippen LogP contribution is 2.30. The summed E-state index contributed by atoms with van der Waals surface area (Å²) in [5.41, 5.74) is 1.38. The number of carbonyl (C=O) groups is 2. The molecule has 25 heavy (non-hydrogen) atoms. The monoisotopic (exact) mass is 352 g/mol. The Kier molecular flexibility index (Phi) is 5.06. The molecule has 0 aliphatic carbocycles. The third-order valence-corrected chi connectivity index (χ3v) is 4.08. The Morgan fingerprint density at radius 3 is 2.36 bits per heavy atom. The van der Waals surface area contributed by atoms with Gasteiger partial charge >= 0.3 is 6.18 Å². The summed E-state index contributed by atoms with van der Waals surface area (Å²) < 4.78 is 38.4. The highest BCUT2D eigenvalue weighted by molar-refractivity contribution is 6.02. The van der Waals surface area contributed by atoms with E-state index in [0.29, 0.717) is 22.4 Å². The third-order valence-electron chi connectivity index (χ3n) is 4.08. The molecule has 7 heteroatoms. The number of hydrogen-bond acceptors (Lipinski definition) is 2. The number of aromatic nitrogens is 1. The number of benzene rings is 1. The van der Waals surface area contributed by atoms with Gasteiger partial charge in [-0.25, -0.2) is 0 Å². The molecule has 2 aromatic rings. The van der Waals surface area contributed by atoms with E-state index in [4.69, 9.17) is 0 Å². The Labute approximate surface area is 143 Å². The average molecular weight is 352 g/mol. The lowest BCUT2D eigenvalue weighted by molar-refractivity contribution is -0.137. The van der Waals surface area contributed by atoms with Gasteiger partial charge in [-0.05, 0) is 51.0 Å². The van der Waals surface area contributed by atoms with Crippen molar-refractivity contribution in [3.63, 3.8) is 0 Å². The fraction of sp³-hybridized carbons (Fsp3) is 0.333. The van der Waals surface area contributed by atoms with Crippen LogP contribution in [0.3, 0.4) is 0 Å². The first-order valence-corrected chi connectivity index (χ1v) is 7.70. The second-order valence-corrected chi connectivity index (χ2v) is 6.00. The lowest BCUT2D eigenvalue weighted by Crippen LogP contribution is -2.27. The first kappa shape index (κ1) is 18.8. The number of ketones is 1. The number of carbonyl (C=O) groups excluding carboxylic acids is 2. The van der Waals surface area contributed by atoms with Crippen molar-refractivity contribution in [1.82, 2.24) is 10.3 Å². The number of Topliss-reactive ketones (excluding diaryl/α,β-unsaturated/α-hetero) is 1. The van der Waals surface area contributed by atoms with E-state index in [1.54, 1.807) is 20.8 Å². The van der Waals surface area contributed by atoms with Crippen LogP contribution in [0.15, 0.2) is 24.3 Å². The molecule has 1 aromatic heterocycles. The third kappa shape index (κ3) is 3.92. The molecule has 4 nitrogen and oxygen atoms in total. The van der Waals surface area contributed by atoms with Crippen LogP contribution in [0.1, 0.15) is 63.1 Å². The molecule has 1 amide bonds. The summed E-state index contributed by atoms with van der Waals surface area (Å²) in [6, 6.07) is 4.19. The van der Waals surface area contributed by atoms with Crippen LogP contribution in [0.25, 0.3) is 0 Å². The molecule has 1 heterocycles. The van der Waals surface area contributed by atoms with E-state index in [0.717, 1.165) is 12.1 Å². The van der Waals surface area contributed by atoms with Crippen molar-refractivity contribution < 1.29 is 22.8 Å². The summed E-state index contributed by atoms with van der Waals surface area (Å²) in [5.74, 6) is -0.630. The van der Waals surface area contributed by atoms with Crippen LogP contribution in [-0.2, 0) is 6.18 Å². The molecule has 134 valence electrons. The molecule has 0 aliphatic rings. The van der Waals surface area contributed by atoms with Gasteiger partial charge in [-0.1, -0.05) is 12.1 Å². The Morgan fingerprint density at radius 1 is 1.20 bits per heavy atom. The summed E-state index contributed by atoms with van der Waals surface area (Å²) in [7, 11) is 0. The molecule has 1 atom stereocenters. The molecule has 0 radical (unpaired) electrons. The maximum Gasteiger partial charge on any atom is 0.416 e. The van der Waals surface area contributed by atoms with Gasteiger partial charge in [0.15, 0.2) is 5.78 Å². The Hall–Kier alpha value is -2.57. The van der Waals surface area contributed by atoms with Gasteiger partial charge in [-0.2, -0.15) is 13.2 Å². The average Bonchev–Trinajstić information content (AvgIpc) is 2.81. The summed E-state index contributed by atoms with van der Waals surface area (Å²) in [6.07, 6.45) is -4.44. The number of halogens is 3. The number of nitrogens with one attached hydrogen (secondary N) is 2. The van der Waals surface area contributed by atoms with E-state index in [1.165, 1.54) is 19.1 Å². The Balaban J connectivity index is 2.24. The van der Waals surface area contributed by atoms with Crippen molar-refractivity contribution in [3.05, 3.63) is 57.9 Å². The lowest BCUT2D eigenvalue weighted by atomic mass is 10.0. The van der Waals surface area contributed by atoms with Gasteiger partial charge in [0.05, 0.1) is 11.6 Å². The van der Waals surface area contributed by atoms with Crippen LogP contribution in [0.4, 0.5) is 13.2 Å². The number of rotatable bonds is 4. The molecule has 0 aliphatic heterocycles. The highest BCUT2D eigenvalue weighted by Gasteiger charge is 2.31. The van der Waals surface area contributed by atoms with Crippen molar-refractivity contribution in [3.8, 4) is 0 Å². The zero-order valence-electron chi connectivity index (χ0n) is 14.3. The smallest absolute Gasteiger partial charge is 0.354 e. The topological polar surface area (TPSA) is 62.0 Å². The zero-order chi connectivity index (χ0) is 18.9. The predicted octanol–water partition coefficient (Wildman–Crippen LogP) is 4.34. The minimum atomic E-state index is -4.44. The van der Waals surface area contributed by atoms with Crippen molar-refractivity contribution >= 4 is 11.7 Å². The fourth-order valence-electron chi connectivity index (χ4n) is 2.84. The van der Waals surface area contributed by atoms with E-state index >= 15 is 0 Å². The SMILES string of the molecule is CC(=O)c1c(C)[nH]c(C(=O)NC(C)c2cccc(C(F)(F)F)c2)c1C. The quantitative estimate of drug-likeness (QED) is 0.804. The molecule has 0 bridgehead atoms. The molecule has 1 aromatic carbocycles. The molecule has 0 saturated carbocycles. The second-order valence-electron chi connectivity index (χ2n) is 6.00. The van der Waals surface area contributed by atoms with E-state index in [2.05, 4.69) is 10.3 Å². The van der Waals surface area contributed by atoms with Crippen molar-refractivity contribution in [2.45, 2.75) is 39.9 Å². The number of aromatic amines is 1. The highest BCUT2D eigenvalue weighted by atomic mass is 19.4. The van der Waals surface area contributed by atoms with Crippen LogP contribution in [0.5, 0.6) is 0 Å². The molecule has 2 N–H and O–H groups in total. The molecular weight excluding hydrogens is 333 g/mol. The molecule has 0 saturated heterocycles. The second kappa shape index (κ2) is 6.74.